The smallest absolute Gasteiger partial charge is 0.264 e. The van der Waals surface area contributed by atoms with Gasteiger partial charge in [0.15, 0.2) is 0 Å². The molecule has 3 rings (SSSR count). The van der Waals surface area contributed by atoms with Gasteiger partial charge in [-0.1, -0.05) is 59.3 Å². The van der Waals surface area contributed by atoms with Crippen LogP contribution in [-0.2, 0) is 26.2 Å². The van der Waals surface area contributed by atoms with E-state index in [-0.39, 0.29) is 23.0 Å². The lowest BCUT2D eigenvalue weighted by atomic mass is 10.1. The molecule has 1 atom stereocenters. The lowest BCUT2D eigenvalue weighted by Gasteiger charge is -2.33. The molecule has 0 aliphatic carbocycles. The van der Waals surface area contributed by atoms with Gasteiger partial charge in [-0.05, 0) is 54.4 Å². The Morgan fingerprint density at radius 3 is 2.25 bits per heavy atom. The summed E-state index contributed by atoms with van der Waals surface area (Å²) < 4.78 is 42.4. The quantitative estimate of drug-likeness (QED) is 0.389. The zero-order chi connectivity index (χ0) is 26.3. The molecule has 0 heterocycles. The molecule has 2 amide bonds. The number of nitrogens with zero attached hydrogens (tertiary/aromatic N) is 2. The van der Waals surface area contributed by atoms with Gasteiger partial charge in [0.05, 0.1) is 10.6 Å². The monoisotopic (exact) mass is 575 g/mol. The van der Waals surface area contributed by atoms with E-state index in [9.17, 15) is 22.4 Å². The number of anilines is 1. The Bertz CT molecular complexity index is 1300. The fourth-order valence-electron chi connectivity index (χ4n) is 3.75. The van der Waals surface area contributed by atoms with Crippen molar-refractivity contribution >= 4 is 43.5 Å². The van der Waals surface area contributed by atoms with Gasteiger partial charge in [-0.25, -0.2) is 12.8 Å². The molecule has 0 radical (unpaired) electrons. The van der Waals surface area contributed by atoms with Gasteiger partial charge < -0.3 is 10.2 Å². The molecule has 0 aliphatic heterocycles. The molecule has 0 bridgehead atoms. The highest BCUT2D eigenvalue weighted by molar-refractivity contribution is 9.10. The van der Waals surface area contributed by atoms with Crippen LogP contribution in [0.5, 0.6) is 0 Å². The van der Waals surface area contributed by atoms with Gasteiger partial charge in [0.2, 0.25) is 11.8 Å². The topological polar surface area (TPSA) is 86.8 Å². The van der Waals surface area contributed by atoms with Crippen molar-refractivity contribution in [3.05, 3.63) is 94.7 Å². The molecule has 3 aromatic rings. The van der Waals surface area contributed by atoms with Gasteiger partial charge >= 0.3 is 0 Å². The molecule has 0 aromatic heterocycles. The number of carbonyl (C=O) groups is 2. The highest BCUT2D eigenvalue weighted by Crippen LogP contribution is 2.27. The Kier molecular flexibility index (Phi) is 9.22. The second kappa shape index (κ2) is 12.1. The van der Waals surface area contributed by atoms with Crippen LogP contribution in [0.2, 0.25) is 0 Å². The van der Waals surface area contributed by atoms with Gasteiger partial charge in [0, 0.05) is 18.1 Å². The fraction of sp³-hybridized carbons (Fsp3) is 0.231. The van der Waals surface area contributed by atoms with Crippen molar-refractivity contribution in [1.29, 1.82) is 0 Å². The van der Waals surface area contributed by atoms with Gasteiger partial charge in [0.25, 0.3) is 10.0 Å². The third-order valence-electron chi connectivity index (χ3n) is 5.60. The van der Waals surface area contributed by atoms with Crippen LogP contribution in [0.3, 0.4) is 0 Å². The van der Waals surface area contributed by atoms with E-state index >= 15 is 0 Å². The molecular formula is C26H27BrFN3O4S. The number of hydrogen-bond acceptors (Lipinski definition) is 4. The van der Waals surface area contributed by atoms with Gasteiger partial charge in [-0.2, -0.15) is 0 Å². The van der Waals surface area contributed by atoms with Crippen LogP contribution in [0, 0.1) is 5.82 Å². The first kappa shape index (κ1) is 27.3. The summed E-state index contributed by atoms with van der Waals surface area (Å²) in [6, 6.07) is 19.2. The molecule has 0 unspecified atom stereocenters. The summed E-state index contributed by atoms with van der Waals surface area (Å²) in [5.74, 6) is -1.38. The van der Waals surface area contributed by atoms with Gasteiger partial charge in [-0.3, -0.25) is 13.9 Å². The van der Waals surface area contributed by atoms with Crippen LogP contribution in [0.4, 0.5) is 10.1 Å². The largest absolute Gasteiger partial charge is 0.357 e. The third kappa shape index (κ3) is 6.50. The van der Waals surface area contributed by atoms with Crippen molar-refractivity contribution in [2.24, 2.45) is 0 Å². The van der Waals surface area contributed by atoms with Crippen molar-refractivity contribution in [3.63, 3.8) is 0 Å². The molecule has 7 nitrogen and oxygen atoms in total. The van der Waals surface area contributed by atoms with Crippen LogP contribution < -0.4 is 9.62 Å². The zero-order valence-corrected chi connectivity index (χ0v) is 22.3. The Morgan fingerprint density at radius 2 is 1.67 bits per heavy atom. The van der Waals surface area contributed by atoms with Gasteiger partial charge in [-0.15, -0.1) is 0 Å². The number of carbonyl (C=O) groups excluding carboxylic acids is 2. The van der Waals surface area contributed by atoms with Crippen LogP contribution in [-0.4, -0.2) is 44.8 Å². The maximum Gasteiger partial charge on any atom is 0.264 e. The third-order valence-corrected chi connectivity index (χ3v) is 7.89. The summed E-state index contributed by atoms with van der Waals surface area (Å²) in [6.07, 6.45) is 0.301. The minimum Gasteiger partial charge on any atom is -0.357 e. The molecule has 0 fully saturated rings. The van der Waals surface area contributed by atoms with Gasteiger partial charge in [0.1, 0.15) is 18.4 Å². The number of amides is 2. The van der Waals surface area contributed by atoms with E-state index in [2.05, 4.69) is 21.2 Å². The van der Waals surface area contributed by atoms with E-state index in [4.69, 9.17) is 0 Å². The summed E-state index contributed by atoms with van der Waals surface area (Å²) in [4.78, 5) is 27.7. The fourth-order valence-corrected chi connectivity index (χ4v) is 5.57. The summed E-state index contributed by atoms with van der Waals surface area (Å²) in [6.45, 7) is 1.22. The average Bonchev–Trinajstić information content (AvgIpc) is 2.88. The molecule has 0 saturated carbocycles. The van der Waals surface area contributed by atoms with E-state index in [1.165, 1.54) is 48.3 Å². The molecule has 0 aliphatic rings. The van der Waals surface area contributed by atoms with E-state index in [1.54, 1.807) is 49.4 Å². The molecular weight excluding hydrogens is 549 g/mol. The first-order valence-electron chi connectivity index (χ1n) is 11.3. The number of rotatable bonds is 10. The standard InChI is InChI=1S/C26H27BrFN3O4S/c1-3-24(26(33)29-2)30(17-19-12-14-21(28)15-13-19)25(32)18-31(22-9-7-8-20(27)16-22)36(34,35)23-10-5-4-6-11-23/h4-16,24H,3,17-18H2,1-2H3,(H,29,33)/t24-/m1/s1. The number of likely N-dealkylation sites (N-methyl/N-ethyl adjacent to an activating group) is 1. The summed E-state index contributed by atoms with van der Waals surface area (Å²) in [5.41, 5.74) is 0.892. The SMILES string of the molecule is CC[C@H](C(=O)NC)N(Cc1ccc(F)cc1)C(=O)CN(c1cccc(Br)c1)S(=O)(=O)c1ccccc1. The number of nitrogens with one attached hydrogen (secondary N) is 1. The zero-order valence-electron chi connectivity index (χ0n) is 19.9. The molecule has 36 heavy (non-hydrogen) atoms. The number of benzene rings is 3. The molecule has 0 spiro atoms. The van der Waals surface area contributed by atoms with Crippen LogP contribution in [0.25, 0.3) is 0 Å². The second-order valence-corrected chi connectivity index (χ2v) is 10.8. The predicted molar refractivity (Wildman–Crippen MR) is 140 cm³/mol. The Balaban J connectivity index is 2.04. The van der Waals surface area contributed by atoms with Crippen LogP contribution in [0.1, 0.15) is 18.9 Å². The van der Waals surface area contributed by atoms with E-state index < -0.39 is 34.3 Å². The van der Waals surface area contributed by atoms with Crippen molar-refractivity contribution < 1.29 is 22.4 Å². The van der Waals surface area contributed by atoms with Crippen LogP contribution >= 0.6 is 15.9 Å². The number of sulfonamides is 1. The Labute approximate surface area is 219 Å². The second-order valence-electron chi connectivity index (χ2n) is 7.99. The Morgan fingerprint density at radius 1 is 1.00 bits per heavy atom. The maximum absolute atomic E-state index is 13.7. The summed E-state index contributed by atoms with van der Waals surface area (Å²) in [5, 5.41) is 2.56. The van der Waals surface area contributed by atoms with Crippen molar-refractivity contribution in [1.82, 2.24) is 10.2 Å². The minimum absolute atomic E-state index is 0.00273. The average molecular weight is 576 g/mol. The Hall–Kier alpha value is -3.24. The normalized spacial score (nSPS) is 12.0. The molecule has 10 heteroatoms. The van der Waals surface area contributed by atoms with E-state index in [1.807, 2.05) is 0 Å². The van der Waals surface area contributed by atoms with Crippen LogP contribution in [0.15, 0.2) is 88.2 Å². The number of hydrogen-bond donors (Lipinski definition) is 1. The lowest BCUT2D eigenvalue weighted by molar-refractivity contribution is -0.140. The highest BCUT2D eigenvalue weighted by atomic mass is 79.9. The summed E-state index contributed by atoms with van der Waals surface area (Å²) >= 11 is 3.36. The molecule has 3 aromatic carbocycles. The highest BCUT2D eigenvalue weighted by Gasteiger charge is 2.33. The molecule has 190 valence electrons. The maximum atomic E-state index is 13.7. The summed E-state index contributed by atoms with van der Waals surface area (Å²) in [7, 11) is -2.65. The first-order chi connectivity index (χ1) is 17.2. The molecule has 0 saturated heterocycles. The van der Waals surface area contributed by atoms with Crippen molar-refractivity contribution in [3.8, 4) is 0 Å². The van der Waals surface area contributed by atoms with E-state index in [0.717, 1.165) is 4.31 Å². The number of halogens is 2. The predicted octanol–water partition coefficient (Wildman–Crippen LogP) is 4.34. The van der Waals surface area contributed by atoms with E-state index in [0.29, 0.717) is 16.5 Å². The first-order valence-corrected chi connectivity index (χ1v) is 13.5. The van der Waals surface area contributed by atoms with Crippen molar-refractivity contribution in [2.45, 2.75) is 30.8 Å². The molecule has 1 N–H and O–H groups in total. The lowest BCUT2D eigenvalue weighted by Crippen LogP contribution is -2.51. The van der Waals surface area contributed by atoms with Crippen molar-refractivity contribution in [2.75, 3.05) is 17.9 Å². The minimum atomic E-state index is -4.12.